The molecule has 6 nitrogen and oxygen atoms in total. The van der Waals surface area contributed by atoms with Gasteiger partial charge in [-0.15, -0.1) is 0 Å². The average Bonchev–Trinajstić information content (AvgIpc) is 2.58. The topological polar surface area (TPSA) is 53.1 Å². The van der Waals surface area contributed by atoms with Gasteiger partial charge < -0.3 is 14.5 Å². The number of hydrogen-bond acceptors (Lipinski definition) is 4. The molecule has 2 amide bonds. The Morgan fingerprint density at radius 3 is 2.54 bits per heavy atom. The highest BCUT2D eigenvalue weighted by Crippen LogP contribution is 2.36. The summed E-state index contributed by atoms with van der Waals surface area (Å²) in [7, 11) is 0. The number of carbonyl (C=O) groups is 2. The highest BCUT2D eigenvalue weighted by Gasteiger charge is 2.55. The summed E-state index contributed by atoms with van der Waals surface area (Å²) in [5.74, 6) is 0.179. The van der Waals surface area contributed by atoms with Crippen LogP contribution in [-0.4, -0.2) is 84.0 Å². The quantitative estimate of drug-likeness (QED) is 0.750. The molecule has 3 aliphatic heterocycles. The number of ether oxygens (including phenoxy) is 1. The zero-order valence-corrected chi connectivity index (χ0v) is 14.0. The Kier molecular flexibility index (Phi) is 3.81. The van der Waals surface area contributed by atoms with Crippen LogP contribution in [0.3, 0.4) is 0 Å². The molecule has 0 radical (unpaired) electrons. The lowest BCUT2D eigenvalue weighted by Crippen LogP contribution is -2.81. The summed E-state index contributed by atoms with van der Waals surface area (Å²) < 4.78 is 5.61. The zero-order chi connectivity index (χ0) is 16.7. The van der Waals surface area contributed by atoms with Crippen molar-refractivity contribution in [1.29, 1.82) is 0 Å². The first kappa shape index (κ1) is 15.6. The Morgan fingerprint density at radius 1 is 1.12 bits per heavy atom. The molecule has 3 saturated heterocycles. The second-order valence-electron chi connectivity index (χ2n) is 7.07. The third-order valence-electron chi connectivity index (χ3n) is 5.48. The molecule has 4 rings (SSSR count). The number of likely N-dealkylation sites (tertiary alicyclic amines) is 1. The number of amides is 2. The fraction of sp³-hybridized carbons (Fsp3) is 0.556. The van der Waals surface area contributed by atoms with Crippen molar-refractivity contribution < 1.29 is 14.3 Å². The Morgan fingerprint density at radius 2 is 1.83 bits per heavy atom. The molecule has 0 bridgehead atoms. The molecule has 1 aromatic carbocycles. The standard InChI is InChI=1S/C18H23N3O3/c1-14(22)19-9-16-10-24-8-7-21(16)18(11-19)12-20(13-18)17(23)15-5-3-2-4-6-15/h2-6,16H,7-13H2,1H3. The van der Waals surface area contributed by atoms with Gasteiger partial charge in [0.05, 0.1) is 24.8 Å². The molecule has 128 valence electrons. The van der Waals surface area contributed by atoms with E-state index in [1.165, 1.54) is 0 Å². The van der Waals surface area contributed by atoms with Crippen LogP contribution in [0.5, 0.6) is 0 Å². The van der Waals surface area contributed by atoms with Crippen LogP contribution in [0.1, 0.15) is 17.3 Å². The molecule has 3 heterocycles. The van der Waals surface area contributed by atoms with Gasteiger partial charge in [0.1, 0.15) is 0 Å². The van der Waals surface area contributed by atoms with Crippen LogP contribution >= 0.6 is 0 Å². The van der Waals surface area contributed by atoms with Gasteiger partial charge in [-0.3, -0.25) is 14.5 Å². The molecule has 24 heavy (non-hydrogen) atoms. The van der Waals surface area contributed by atoms with Crippen LogP contribution in [0.4, 0.5) is 0 Å². The summed E-state index contributed by atoms with van der Waals surface area (Å²) in [4.78, 5) is 30.8. The second kappa shape index (κ2) is 5.86. The van der Waals surface area contributed by atoms with Crippen LogP contribution in [0, 0.1) is 0 Å². The van der Waals surface area contributed by atoms with E-state index < -0.39 is 0 Å². The van der Waals surface area contributed by atoms with E-state index in [-0.39, 0.29) is 23.4 Å². The van der Waals surface area contributed by atoms with E-state index in [4.69, 9.17) is 4.74 Å². The van der Waals surface area contributed by atoms with Crippen LogP contribution in [0.15, 0.2) is 30.3 Å². The average molecular weight is 329 g/mol. The maximum absolute atomic E-state index is 12.6. The number of carbonyl (C=O) groups excluding carboxylic acids is 2. The van der Waals surface area contributed by atoms with E-state index in [0.717, 1.165) is 25.3 Å². The van der Waals surface area contributed by atoms with Gasteiger partial charge in [0.15, 0.2) is 0 Å². The Balaban J connectivity index is 1.52. The zero-order valence-electron chi connectivity index (χ0n) is 14.0. The lowest BCUT2D eigenvalue weighted by atomic mass is 9.82. The fourth-order valence-corrected chi connectivity index (χ4v) is 4.29. The maximum Gasteiger partial charge on any atom is 0.253 e. The summed E-state index contributed by atoms with van der Waals surface area (Å²) >= 11 is 0. The van der Waals surface area contributed by atoms with E-state index in [0.29, 0.717) is 26.2 Å². The molecule has 1 aromatic rings. The molecule has 1 unspecified atom stereocenters. The lowest BCUT2D eigenvalue weighted by molar-refractivity contribution is -0.167. The van der Waals surface area contributed by atoms with E-state index >= 15 is 0 Å². The van der Waals surface area contributed by atoms with Crippen molar-refractivity contribution in [3.63, 3.8) is 0 Å². The summed E-state index contributed by atoms with van der Waals surface area (Å²) in [6.07, 6.45) is 0. The smallest absolute Gasteiger partial charge is 0.253 e. The van der Waals surface area contributed by atoms with Crippen molar-refractivity contribution in [2.45, 2.75) is 18.5 Å². The largest absolute Gasteiger partial charge is 0.378 e. The lowest BCUT2D eigenvalue weighted by Gasteiger charge is -2.63. The molecule has 0 N–H and O–H groups in total. The van der Waals surface area contributed by atoms with E-state index in [1.807, 2.05) is 40.1 Å². The normalized spacial score (nSPS) is 26.0. The van der Waals surface area contributed by atoms with Crippen LogP contribution in [0.25, 0.3) is 0 Å². The first-order chi connectivity index (χ1) is 11.6. The molecular formula is C18H23N3O3. The van der Waals surface area contributed by atoms with Gasteiger partial charge in [-0.1, -0.05) is 18.2 Å². The van der Waals surface area contributed by atoms with Crippen molar-refractivity contribution >= 4 is 11.8 Å². The van der Waals surface area contributed by atoms with Crippen LogP contribution in [0.2, 0.25) is 0 Å². The number of benzene rings is 1. The van der Waals surface area contributed by atoms with Gasteiger partial charge >= 0.3 is 0 Å². The molecule has 1 spiro atoms. The van der Waals surface area contributed by atoms with Crippen molar-refractivity contribution in [2.24, 2.45) is 0 Å². The molecule has 3 aliphatic rings. The minimum absolute atomic E-state index is 0.0750. The summed E-state index contributed by atoms with van der Waals surface area (Å²) in [5, 5.41) is 0. The Labute approximate surface area is 142 Å². The van der Waals surface area contributed by atoms with Crippen LogP contribution in [-0.2, 0) is 9.53 Å². The molecule has 1 atom stereocenters. The number of rotatable bonds is 1. The molecule has 0 aliphatic carbocycles. The number of nitrogens with zero attached hydrogens (tertiary/aromatic N) is 3. The van der Waals surface area contributed by atoms with Gasteiger partial charge in [0.2, 0.25) is 5.91 Å². The second-order valence-corrected chi connectivity index (χ2v) is 7.07. The summed E-state index contributed by atoms with van der Waals surface area (Å²) in [5.41, 5.74) is 0.619. The van der Waals surface area contributed by atoms with E-state index in [1.54, 1.807) is 6.92 Å². The van der Waals surface area contributed by atoms with Crippen molar-refractivity contribution in [2.75, 3.05) is 45.9 Å². The van der Waals surface area contributed by atoms with Gasteiger partial charge in [-0.25, -0.2) is 0 Å². The van der Waals surface area contributed by atoms with Gasteiger partial charge in [0.25, 0.3) is 5.91 Å². The fourth-order valence-electron chi connectivity index (χ4n) is 4.29. The molecular weight excluding hydrogens is 306 g/mol. The first-order valence-corrected chi connectivity index (χ1v) is 8.53. The number of morpholine rings is 1. The third kappa shape index (κ3) is 2.50. The molecule has 0 saturated carbocycles. The van der Waals surface area contributed by atoms with Gasteiger partial charge in [-0.2, -0.15) is 0 Å². The highest BCUT2D eigenvalue weighted by atomic mass is 16.5. The molecule has 6 heteroatoms. The molecule has 0 aromatic heterocycles. The minimum atomic E-state index is -0.108. The van der Waals surface area contributed by atoms with E-state index in [9.17, 15) is 9.59 Å². The van der Waals surface area contributed by atoms with Gasteiger partial charge in [-0.05, 0) is 12.1 Å². The minimum Gasteiger partial charge on any atom is -0.378 e. The van der Waals surface area contributed by atoms with Crippen LogP contribution < -0.4 is 0 Å². The maximum atomic E-state index is 12.6. The summed E-state index contributed by atoms with van der Waals surface area (Å²) in [6.45, 7) is 6.69. The van der Waals surface area contributed by atoms with Crippen molar-refractivity contribution in [3.05, 3.63) is 35.9 Å². The number of fused-ring (bicyclic) bond motifs is 2. The molecule has 3 fully saturated rings. The number of hydrogen-bond donors (Lipinski definition) is 0. The highest BCUT2D eigenvalue weighted by molar-refractivity contribution is 5.95. The van der Waals surface area contributed by atoms with Gasteiger partial charge in [0, 0.05) is 45.2 Å². The SMILES string of the molecule is CC(=O)N1CC2COCCN2C2(C1)CN(C(=O)c1ccccc1)C2. The number of piperazine rings is 1. The van der Waals surface area contributed by atoms with E-state index in [2.05, 4.69) is 4.90 Å². The Bertz CT molecular complexity index is 642. The van der Waals surface area contributed by atoms with Crippen molar-refractivity contribution in [3.8, 4) is 0 Å². The Hall–Kier alpha value is -1.92. The first-order valence-electron chi connectivity index (χ1n) is 8.53. The van der Waals surface area contributed by atoms with Crippen molar-refractivity contribution in [1.82, 2.24) is 14.7 Å². The monoisotopic (exact) mass is 329 g/mol. The third-order valence-corrected chi connectivity index (χ3v) is 5.48. The predicted molar refractivity (Wildman–Crippen MR) is 88.6 cm³/mol. The predicted octanol–water partition coefficient (Wildman–Crippen LogP) is 0.444. The summed E-state index contributed by atoms with van der Waals surface area (Å²) in [6, 6.07) is 9.64.